The van der Waals surface area contributed by atoms with Crippen molar-refractivity contribution in [1.29, 1.82) is 0 Å². The maximum absolute atomic E-state index is 4.88. The quantitative estimate of drug-likeness (QED) is 0.503. The summed E-state index contributed by atoms with van der Waals surface area (Å²) in [5.74, 6) is 0.728. The summed E-state index contributed by atoms with van der Waals surface area (Å²) in [6, 6.07) is 0.371. The molecule has 158 valence electrons. The van der Waals surface area contributed by atoms with Gasteiger partial charge in [0.05, 0.1) is 36.2 Å². The van der Waals surface area contributed by atoms with Crippen molar-refractivity contribution in [1.82, 2.24) is 39.0 Å². The number of hydrogen-bond donors (Lipinski definition) is 2. The molecule has 1 aliphatic rings. The maximum Gasteiger partial charge on any atom is 0.180 e. The Morgan fingerprint density at radius 2 is 2.13 bits per heavy atom. The van der Waals surface area contributed by atoms with Crippen molar-refractivity contribution in [3.05, 3.63) is 73.1 Å². The third-order valence-corrected chi connectivity index (χ3v) is 5.64. The van der Waals surface area contributed by atoms with Crippen LogP contribution in [0.25, 0.3) is 16.9 Å². The molecule has 9 heteroatoms. The van der Waals surface area contributed by atoms with E-state index in [-0.39, 0.29) is 12.1 Å². The second kappa shape index (κ2) is 7.84. The molecule has 5 rings (SSSR count). The normalized spacial score (nSPS) is 17.1. The average molecular weight is 416 g/mol. The van der Waals surface area contributed by atoms with Crippen LogP contribution >= 0.6 is 0 Å². The Bertz CT molecular complexity index is 1260. The van der Waals surface area contributed by atoms with Crippen molar-refractivity contribution in [3.8, 4) is 11.3 Å². The molecule has 0 saturated carbocycles. The van der Waals surface area contributed by atoms with Gasteiger partial charge in [0, 0.05) is 49.1 Å². The van der Waals surface area contributed by atoms with Crippen molar-refractivity contribution in [2.45, 2.75) is 25.4 Å². The smallest absolute Gasteiger partial charge is 0.180 e. The molecular formula is C22H25N9. The van der Waals surface area contributed by atoms with Crippen LogP contribution < -0.4 is 10.6 Å². The number of nitrogens with one attached hydrogen (secondary N) is 2. The van der Waals surface area contributed by atoms with E-state index in [2.05, 4.69) is 59.8 Å². The summed E-state index contributed by atoms with van der Waals surface area (Å²) in [6.07, 6.45) is 20.7. The van der Waals surface area contributed by atoms with Crippen LogP contribution in [0.3, 0.4) is 0 Å². The molecule has 0 amide bonds. The first-order valence-corrected chi connectivity index (χ1v) is 10.3. The lowest BCUT2D eigenvalue weighted by molar-refractivity contribution is 0.604. The first kappa shape index (κ1) is 19.3. The van der Waals surface area contributed by atoms with Gasteiger partial charge in [0.1, 0.15) is 0 Å². The van der Waals surface area contributed by atoms with E-state index in [9.17, 15) is 0 Å². The van der Waals surface area contributed by atoms with Gasteiger partial charge in [-0.2, -0.15) is 5.10 Å². The fraction of sp³-hybridized carbons (Fsp3) is 0.273. The Morgan fingerprint density at radius 1 is 1.23 bits per heavy atom. The Balaban J connectivity index is 1.50. The Kier molecular flexibility index (Phi) is 4.87. The number of allylic oxidation sites excluding steroid dienone is 3. The van der Waals surface area contributed by atoms with E-state index in [1.165, 1.54) is 0 Å². The highest BCUT2D eigenvalue weighted by molar-refractivity contribution is 5.72. The fourth-order valence-corrected chi connectivity index (χ4v) is 3.74. The molecule has 9 nitrogen and oxygen atoms in total. The number of imidazole rings is 2. The second-order valence-corrected chi connectivity index (χ2v) is 7.72. The van der Waals surface area contributed by atoms with Gasteiger partial charge < -0.3 is 15.2 Å². The van der Waals surface area contributed by atoms with Crippen molar-refractivity contribution >= 4 is 11.5 Å². The summed E-state index contributed by atoms with van der Waals surface area (Å²) in [5, 5.41) is 11.1. The average Bonchev–Trinajstić information content (AvgIpc) is 3.54. The predicted octanol–water partition coefficient (Wildman–Crippen LogP) is 3.10. The monoisotopic (exact) mass is 415 g/mol. The van der Waals surface area contributed by atoms with Crippen LogP contribution in [0.5, 0.6) is 0 Å². The summed E-state index contributed by atoms with van der Waals surface area (Å²) in [7, 11) is 3.84. The summed E-state index contributed by atoms with van der Waals surface area (Å²) >= 11 is 0. The molecule has 2 unspecified atom stereocenters. The Morgan fingerprint density at radius 3 is 2.81 bits per heavy atom. The molecule has 0 saturated heterocycles. The Hall–Kier alpha value is -3.72. The van der Waals surface area contributed by atoms with Gasteiger partial charge in [-0.15, -0.1) is 0 Å². The zero-order chi connectivity index (χ0) is 21.4. The van der Waals surface area contributed by atoms with E-state index in [1.807, 2.05) is 51.4 Å². The molecule has 0 fully saturated rings. The molecule has 0 radical (unpaired) electrons. The summed E-state index contributed by atoms with van der Waals surface area (Å²) in [4.78, 5) is 13.7. The molecule has 4 aromatic heterocycles. The van der Waals surface area contributed by atoms with Crippen molar-refractivity contribution < 1.29 is 0 Å². The van der Waals surface area contributed by atoms with E-state index in [0.29, 0.717) is 0 Å². The summed E-state index contributed by atoms with van der Waals surface area (Å²) in [5.41, 5.74) is 4.70. The molecule has 0 aliphatic heterocycles. The number of aromatic nitrogens is 7. The molecular weight excluding hydrogens is 390 g/mol. The molecule has 1 aliphatic carbocycles. The lowest BCUT2D eigenvalue weighted by atomic mass is 10.1. The number of rotatable bonds is 6. The van der Waals surface area contributed by atoms with E-state index >= 15 is 0 Å². The Labute approximate surface area is 180 Å². The summed E-state index contributed by atoms with van der Waals surface area (Å²) in [6.45, 7) is 2.09. The molecule has 4 heterocycles. The van der Waals surface area contributed by atoms with Crippen LogP contribution in [-0.2, 0) is 7.05 Å². The van der Waals surface area contributed by atoms with Crippen molar-refractivity contribution in [3.63, 3.8) is 0 Å². The molecule has 4 aromatic rings. The zero-order valence-electron chi connectivity index (χ0n) is 17.8. The first-order chi connectivity index (χ1) is 15.1. The molecule has 0 spiro atoms. The van der Waals surface area contributed by atoms with Crippen LogP contribution in [0.2, 0.25) is 0 Å². The third-order valence-electron chi connectivity index (χ3n) is 5.64. The van der Waals surface area contributed by atoms with E-state index in [4.69, 9.17) is 4.98 Å². The van der Waals surface area contributed by atoms with Gasteiger partial charge in [0.15, 0.2) is 11.5 Å². The van der Waals surface area contributed by atoms with Crippen LogP contribution in [0.4, 0.5) is 5.82 Å². The highest BCUT2D eigenvalue weighted by Crippen LogP contribution is 2.28. The fourth-order valence-electron chi connectivity index (χ4n) is 3.74. The largest absolute Gasteiger partial charge is 0.337 e. The molecule has 2 N–H and O–H groups in total. The van der Waals surface area contributed by atoms with Gasteiger partial charge in [-0.1, -0.05) is 12.2 Å². The van der Waals surface area contributed by atoms with Crippen molar-refractivity contribution in [2.24, 2.45) is 7.05 Å². The molecule has 31 heavy (non-hydrogen) atoms. The van der Waals surface area contributed by atoms with Gasteiger partial charge in [-0.3, -0.25) is 9.08 Å². The van der Waals surface area contributed by atoms with E-state index < -0.39 is 0 Å². The maximum atomic E-state index is 4.88. The zero-order valence-corrected chi connectivity index (χ0v) is 17.8. The standard InChI is InChI=1S/C22H25N9/c1-15(23-2)19-13-31-20(16-10-26-29(3)12-16)11-25-22(31)21(28-19)27-17-4-6-18(7-5-17)30-9-8-24-14-30/h4-6,8-15,18,23H,7H2,1-3H3,(H,27,28). The van der Waals surface area contributed by atoms with Gasteiger partial charge in [-0.25, -0.2) is 15.0 Å². The van der Waals surface area contributed by atoms with Crippen LogP contribution in [-0.4, -0.2) is 40.7 Å². The predicted molar refractivity (Wildman–Crippen MR) is 119 cm³/mol. The van der Waals surface area contributed by atoms with Gasteiger partial charge >= 0.3 is 0 Å². The minimum atomic E-state index is 0.0931. The minimum absolute atomic E-state index is 0.0931. The molecule has 0 bridgehead atoms. The number of anilines is 1. The molecule has 0 aromatic carbocycles. The topological polar surface area (TPSA) is 89.9 Å². The number of nitrogens with zero attached hydrogens (tertiary/aromatic N) is 7. The molecule has 2 atom stereocenters. The third kappa shape index (κ3) is 3.64. The van der Waals surface area contributed by atoms with Gasteiger partial charge in [0.25, 0.3) is 0 Å². The summed E-state index contributed by atoms with van der Waals surface area (Å²) < 4.78 is 5.97. The van der Waals surface area contributed by atoms with E-state index in [0.717, 1.165) is 40.5 Å². The highest BCUT2D eigenvalue weighted by atomic mass is 15.2. The first-order valence-electron chi connectivity index (χ1n) is 10.3. The number of aryl methyl sites for hydroxylation is 1. The number of hydrogen-bond acceptors (Lipinski definition) is 6. The lowest BCUT2D eigenvalue weighted by Gasteiger charge is -2.19. The van der Waals surface area contributed by atoms with Gasteiger partial charge in [-0.05, 0) is 26.5 Å². The van der Waals surface area contributed by atoms with Gasteiger partial charge in [0.2, 0.25) is 0 Å². The highest BCUT2D eigenvalue weighted by Gasteiger charge is 2.17. The second-order valence-electron chi connectivity index (χ2n) is 7.72. The SMILES string of the molecule is CNC(C)c1cn2c(-c3cnn(C)c3)cnc2c(NC2=CCC(n3ccnc3)C=C2)n1. The lowest BCUT2D eigenvalue weighted by Crippen LogP contribution is -2.16. The van der Waals surface area contributed by atoms with Crippen LogP contribution in [0.15, 0.2) is 67.4 Å². The van der Waals surface area contributed by atoms with Crippen LogP contribution in [0, 0.1) is 0 Å². The van der Waals surface area contributed by atoms with Crippen molar-refractivity contribution in [2.75, 3.05) is 12.4 Å². The van der Waals surface area contributed by atoms with E-state index in [1.54, 1.807) is 10.9 Å². The number of fused-ring (bicyclic) bond motifs is 1. The minimum Gasteiger partial charge on any atom is -0.337 e. The van der Waals surface area contributed by atoms with Crippen LogP contribution in [0.1, 0.15) is 31.1 Å².